The molecule has 3 aliphatic rings. The van der Waals surface area contributed by atoms with E-state index in [1.165, 1.54) is 0 Å². The molecule has 0 aromatic rings. The molecular weight excluding hydrogens is 562 g/mol. The van der Waals surface area contributed by atoms with Crippen LogP contribution in [0.15, 0.2) is 4.99 Å². The lowest BCUT2D eigenvalue weighted by Gasteiger charge is -2.38. The van der Waals surface area contributed by atoms with Gasteiger partial charge in [0.2, 0.25) is 0 Å². The minimum absolute atomic E-state index is 0.173. The zero-order chi connectivity index (χ0) is 29.3. The van der Waals surface area contributed by atoms with Gasteiger partial charge in [-0.15, -0.1) is 0 Å². The van der Waals surface area contributed by atoms with Gasteiger partial charge in [0.05, 0.1) is 43.7 Å². The Morgan fingerprint density at radius 2 is 1.15 bits per heavy atom. The molecule has 12 nitrogen and oxygen atoms in total. The van der Waals surface area contributed by atoms with Crippen molar-refractivity contribution in [3.8, 4) is 0 Å². The third-order valence-electron chi connectivity index (χ3n) is 6.98. The zero-order valence-electron chi connectivity index (χ0n) is 25.0. The second-order valence-electron chi connectivity index (χ2n) is 11.0. The third-order valence-corrected chi connectivity index (χ3v) is 7.35. The van der Waals surface area contributed by atoms with E-state index in [9.17, 15) is 0 Å². The van der Waals surface area contributed by atoms with E-state index in [4.69, 9.17) is 26.4 Å². The van der Waals surface area contributed by atoms with Gasteiger partial charge in [0, 0.05) is 104 Å². The van der Waals surface area contributed by atoms with Crippen LogP contribution >= 0.6 is 24.4 Å². The first-order valence-electron chi connectivity index (χ1n) is 15.1. The summed E-state index contributed by atoms with van der Waals surface area (Å²) in [5.41, 5.74) is -0.0887. The topological polar surface area (TPSA) is 136 Å². The smallest absolute Gasteiger partial charge is 0.166 e. The summed E-state index contributed by atoms with van der Waals surface area (Å²) >= 11 is 10.3. The Morgan fingerprint density at radius 1 is 0.707 bits per heavy atom. The van der Waals surface area contributed by atoms with Crippen LogP contribution in [0.5, 0.6) is 0 Å². The average molecular weight is 618 g/mol. The molecule has 0 aromatic carbocycles. The lowest BCUT2D eigenvalue weighted by molar-refractivity contribution is 0.0142. The maximum absolute atomic E-state index is 5.73. The van der Waals surface area contributed by atoms with Crippen LogP contribution in [0.3, 0.4) is 0 Å². The predicted molar refractivity (Wildman–Crippen MR) is 173 cm³/mol. The second-order valence-corrected chi connectivity index (χ2v) is 11.6. The minimum atomic E-state index is -0.262. The molecule has 3 fully saturated rings. The van der Waals surface area contributed by atoms with Crippen LogP contribution in [0.25, 0.3) is 0 Å². The van der Waals surface area contributed by atoms with Crippen LogP contribution in [0.4, 0.5) is 0 Å². The summed E-state index contributed by atoms with van der Waals surface area (Å²) < 4.78 is 16.7. The number of hydrogen-bond acceptors (Lipinski definition) is 12. The summed E-state index contributed by atoms with van der Waals surface area (Å²) in [6.45, 7) is 18.1. The number of rotatable bonds is 15. The fourth-order valence-electron chi connectivity index (χ4n) is 4.69. The van der Waals surface area contributed by atoms with Gasteiger partial charge >= 0.3 is 0 Å². The van der Waals surface area contributed by atoms with Gasteiger partial charge < -0.3 is 56.7 Å². The van der Waals surface area contributed by atoms with E-state index in [0.717, 1.165) is 97.9 Å². The van der Waals surface area contributed by atoms with E-state index in [1.807, 2.05) is 0 Å². The molecule has 0 aliphatic carbocycles. The number of ether oxygens (including phenoxy) is 3. The summed E-state index contributed by atoms with van der Waals surface area (Å²) in [7, 11) is 0. The number of isothiocyanates is 1. The molecule has 0 spiro atoms. The largest absolute Gasteiger partial charge is 0.379 e. The molecule has 8 N–H and O–H groups in total. The first-order chi connectivity index (χ1) is 20.1. The van der Waals surface area contributed by atoms with Gasteiger partial charge in [0.25, 0.3) is 0 Å². The minimum Gasteiger partial charge on any atom is -0.379 e. The van der Waals surface area contributed by atoms with Crippen LogP contribution in [-0.2, 0) is 14.2 Å². The van der Waals surface area contributed by atoms with Crippen molar-refractivity contribution in [2.45, 2.75) is 25.3 Å². The molecule has 3 rings (SSSR count). The van der Waals surface area contributed by atoms with E-state index in [2.05, 4.69) is 71.8 Å². The van der Waals surface area contributed by atoms with E-state index < -0.39 is 0 Å². The van der Waals surface area contributed by atoms with E-state index in [0.29, 0.717) is 51.3 Å². The Balaban J connectivity index is 1.66. The Labute approximate surface area is 258 Å². The van der Waals surface area contributed by atoms with Gasteiger partial charge in [-0.1, -0.05) is 6.92 Å². The van der Waals surface area contributed by atoms with Crippen LogP contribution in [0.1, 0.15) is 19.8 Å². The van der Waals surface area contributed by atoms with E-state index in [1.54, 1.807) is 0 Å². The number of thiocarbonyl (C=S) groups is 2. The zero-order valence-corrected chi connectivity index (χ0v) is 26.7. The SMILES string of the molecule is CC12CNCCNCC(NC(=S)NCCCOCCOCCOCCCN=C=S)(CNCCNC1)CNCCNC2. The standard InChI is InChI=1S/C27H55N9O3S2/c1-26-18-28-6-9-31-21-27(22-32-10-7-29-19-26,23-33-11-8-30-20-26)36-25(41)35-5-3-13-38-15-17-39-16-14-37-12-2-4-34-24-40/h28-33H,2-23H2,1H3,(H2,35,36,41). The van der Waals surface area contributed by atoms with Gasteiger partial charge in [-0.2, -0.15) is 0 Å². The number of nitrogens with zero attached hydrogens (tertiary/aromatic N) is 1. The van der Waals surface area contributed by atoms with Crippen molar-refractivity contribution in [2.75, 3.05) is 131 Å². The van der Waals surface area contributed by atoms with Crippen molar-refractivity contribution in [3.63, 3.8) is 0 Å². The van der Waals surface area contributed by atoms with Gasteiger partial charge in [-0.25, -0.2) is 4.99 Å². The molecule has 0 aromatic heterocycles. The average Bonchev–Trinajstić information content (AvgIpc) is 2.96. The van der Waals surface area contributed by atoms with Crippen LogP contribution in [-0.4, -0.2) is 147 Å². The molecule has 0 amide bonds. The second kappa shape index (κ2) is 23.6. The van der Waals surface area contributed by atoms with Gasteiger partial charge in [0.15, 0.2) is 5.11 Å². The number of aliphatic imine (C=N–C) groups is 1. The lowest BCUT2D eigenvalue weighted by atomic mass is 9.90. The van der Waals surface area contributed by atoms with Crippen molar-refractivity contribution in [1.29, 1.82) is 0 Å². The number of fused-ring (bicyclic) bond motifs is 15. The van der Waals surface area contributed by atoms with E-state index >= 15 is 0 Å². The van der Waals surface area contributed by atoms with Crippen LogP contribution in [0.2, 0.25) is 0 Å². The summed E-state index contributed by atoms with van der Waals surface area (Å²) in [5, 5.41) is 31.9. The van der Waals surface area contributed by atoms with Crippen molar-refractivity contribution in [2.24, 2.45) is 10.4 Å². The highest BCUT2D eigenvalue weighted by Gasteiger charge is 2.31. The quantitative estimate of drug-likeness (QED) is 0.0629. The summed E-state index contributed by atoms with van der Waals surface area (Å²) in [6.07, 6.45) is 1.71. The molecule has 2 bridgehead atoms. The molecule has 0 atom stereocenters. The normalized spacial score (nSPS) is 25.0. The van der Waals surface area contributed by atoms with Crippen molar-refractivity contribution in [1.82, 2.24) is 42.5 Å². The molecule has 3 aliphatic heterocycles. The molecule has 41 heavy (non-hydrogen) atoms. The highest BCUT2D eigenvalue weighted by Crippen LogP contribution is 2.12. The fraction of sp³-hybridized carbons (Fsp3) is 0.926. The Bertz CT molecular complexity index is 689. The summed E-state index contributed by atoms with van der Waals surface area (Å²) in [5.74, 6) is 0. The Morgan fingerprint density at radius 3 is 1.63 bits per heavy atom. The highest BCUT2D eigenvalue weighted by molar-refractivity contribution is 7.80. The maximum atomic E-state index is 5.73. The molecule has 0 unspecified atom stereocenters. The highest BCUT2D eigenvalue weighted by atomic mass is 32.1. The van der Waals surface area contributed by atoms with E-state index in [-0.39, 0.29) is 11.0 Å². The Hall–Kier alpha value is -0.870. The molecule has 3 heterocycles. The fourth-order valence-corrected chi connectivity index (χ4v) is 5.10. The summed E-state index contributed by atoms with van der Waals surface area (Å²) in [4.78, 5) is 3.85. The van der Waals surface area contributed by atoms with Gasteiger partial charge in [-0.3, -0.25) is 0 Å². The molecule has 0 saturated carbocycles. The molecular formula is C27H55N9O3S2. The predicted octanol–water partition coefficient (Wildman–Crippen LogP) is -1.31. The lowest BCUT2D eigenvalue weighted by Crippen LogP contribution is -2.67. The monoisotopic (exact) mass is 617 g/mol. The third kappa shape index (κ3) is 18.4. The number of hydrogen-bond donors (Lipinski definition) is 8. The van der Waals surface area contributed by atoms with Crippen molar-refractivity contribution in [3.05, 3.63) is 0 Å². The van der Waals surface area contributed by atoms with Gasteiger partial charge in [0.1, 0.15) is 0 Å². The first kappa shape index (κ1) is 36.3. The molecule has 238 valence electrons. The van der Waals surface area contributed by atoms with Crippen LogP contribution in [0, 0.1) is 5.41 Å². The maximum Gasteiger partial charge on any atom is 0.166 e. The number of nitrogens with one attached hydrogen (secondary N) is 8. The van der Waals surface area contributed by atoms with Crippen molar-refractivity contribution >= 4 is 34.7 Å². The van der Waals surface area contributed by atoms with Crippen molar-refractivity contribution < 1.29 is 14.2 Å². The molecule has 14 heteroatoms. The molecule has 3 saturated heterocycles. The molecule has 0 radical (unpaired) electrons. The first-order valence-corrected chi connectivity index (χ1v) is 16.0. The summed E-state index contributed by atoms with van der Waals surface area (Å²) in [6, 6.07) is 0. The van der Waals surface area contributed by atoms with Crippen LogP contribution < -0.4 is 42.5 Å². The van der Waals surface area contributed by atoms with Gasteiger partial charge in [-0.05, 0) is 37.3 Å². The Kier molecular flexibility index (Phi) is 20.9.